The van der Waals surface area contributed by atoms with Gasteiger partial charge in [0.25, 0.3) is 0 Å². The van der Waals surface area contributed by atoms with E-state index in [0.29, 0.717) is 26.6 Å². The largest absolute Gasteiger partial charge is 0.0654 e. The van der Waals surface area contributed by atoms with Crippen LogP contribution in [0.15, 0.2) is 0 Å². The average Bonchev–Trinajstić information content (AvgIpc) is 2.68. The fraction of sp³-hybridized carbons (Fsp3) is 1.00. The van der Waals surface area contributed by atoms with Crippen LogP contribution >= 0.6 is 0 Å². The Kier molecular flexibility index (Phi) is 27.3. The topological polar surface area (TPSA) is 0 Å². The van der Waals surface area contributed by atoms with Crippen LogP contribution in [0.5, 0.6) is 0 Å². The zero-order valence-corrected chi connectivity index (χ0v) is 23.9. The van der Waals surface area contributed by atoms with E-state index < -0.39 is 0 Å². The van der Waals surface area contributed by atoms with Gasteiger partial charge in [0.05, 0.1) is 0 Å². The summed E-state index contributed by atoms with van der Waals surface area (Å²) in [7, 11) is 1.58. The van der Waals surface area contributed by atoms with Gasteiger partial charge in [-0.1, -0.05) is 154 Å². The summed E-state index contributed by atoms with van der Waals surface area (Å²) < 4.78 is 0. The van der Waals surface area contributed by atoms with E-state index in [1.807, 2.05) is 0 Å². The van der Waals surface area contributed by atoms with Gasteiger partial charge in [0, 0.05) is 18.1 Å². The Morgan fingerprint density at radius 3 is 0.889 bits per heavy atom. The average molecular weight is 429 g/mol. The van der Waals surface area contributed by atoms with Crippen LogP contribution in [-0.4, -0.2) is 26.6 Å². The van der Waals surface area contributed by atoms with Crippen LogP contribution in [0, 0.1) is 0 Å². The second-order valence-corrected chi connectivity index (χ2v) is 25.4. The summed E-state index contributed by atoms with van der Waals surface area (Å²) in [5.41, 5.74) is 0. The molecule has 0 amide bonds. The third-order valence-electron chi connectivity index (χ3n) is 6.21. The van der Waals surface area contributed by atoms with Gasteiger partial charge in [0.1, 0.15) is 0 Å². The van der Waals surface area contributed by atoms with Crippen molar-refractivity contribution in [3.8, 4) is 0 Å². The molecular weight excluding hydrogens is 373 g/mol. The molecule has 0 nitrogen and oxygen atoms in total. The van der Waals surface area contributed by atoms with Crippen molar-refractivity contribution in [2.75, 3.05) is 0 Å². The maximum absolute atomic E-state index is 2.31. The number of hydrogen-bond donors (Lipinski definition) is 0. The predicted molar refractivity (Wildman–Crippen MR) is 139 cm³/mol. The van der Waals surface area contributed by atoms with E-state index in [9.17, 15) is 0 Å². The fourth-order valence-corrected chi connectivity index (χ4v) is 21.5. The van der Waals surface area contributed by atoms with Crippen molar-refractivity contribution >= 4 is 26.6 Å². The Labute approximate surface area is 180 Å². The summed E-state index contributed by atoms with van der Waals surface area (Å²) >= 11 is 0. The van der Waals surface area contributed by atoms with Gasteiger partial charge < -0.3 is 0 Å². The molecule has 0 rings (SSSR count). The summed E-state index contributed by atoms with van der Waals surface area (Å²) in [6, 6.07) is 3.46. The highest BCUT2D eigenvalue weighted by atomic mass is 29.5. The summed E-state index contributed by atoms with van der Waals surface area (Å²) in [4.78, 5) is 0. The highest BCUT2D eigenvalue weighted by molar-refractivity contribution is 7.29. The summed E-state index contributed by atoms with van der Waals surface area (Å²) in [6.07, 6.45) is 30.2. The van der Waals surface area contributed by atoms with Crippen LogP contribution < -0.4 is 0 Å². The number of hydrogen-bond acceptors (Lipinski definition) is 0. The zero-order chi connectivity index (χ0) is 19.7. The third-order valence-corrected chi connectivity index (χ3v) is 24.2. The molecule has 0 aromatic carbocycles. The first kappa shape index (κ1) is 27.7. The molecule has 0 aliphatic heterocycles. The van der Waals surface area contributed by atoms with Gasteiger partial charge in [0.15, 0.2) is 0 Å². The van der Waals surface area contributed by atoms with Gasteiger partial charge in [-0.05, 0) is 8.55 Å². The van der Waals surface area contributed by atoms with Crippen LogP contribution in [0.1, 0.15) is 142 Å². The van der Waals surface area contributed by atoms with E-state index in [1.165, 1.54) is 89.9 Å². The van der Waals surface area contributed by atoms with E-state index in [1.54, 1.807) is 50.6 Å². The maximum Gasteiger partial charge on any atom is 0.00493 e. The van der Waals surface area contributed by atoms with E-state index in [-0.39, 0.29) is 0 Å². The van der Waals surface area contributed by atoms with Gasteiger partial charge in [-0.2, -0.15) is 0 Å². The van der Waals surface area contributed by atoms with E-state index in [4.69, 9.17) is 0 Å². The van der Waals surface area contributed by atoms with Crippen molar-refractivity contribution < 1.29 is 0 Å². The molecule has 0 N–H and O–H groups in total. The molecule has 164 valence electrons. The molecule has 0 heterocycles. The molecule has 3 heteroatoms. The SMILES string of the molecule is CCCCCCCCCCCC[SiH2][SiH2][SiH2]CCCCCCCCCCCC. The van der Waals surface area contributed by atoms with E-state index in [0.717, 1.165) is 0 Å². The minimum absolute atomic E-state index is 0.500. The van der Waals surface area contributed by atoms with Crippen molar-refractivity contribution in [3.63, 3.8) is 0 Å². The van der Waals surface area contributed by atoms with Crippen LogP contribution in [0.25, 0.3) is 0 Å². The summed E-state index contributed by atoms with van der Waals surface area (Å²) in [6.45, 7) is 4.62. The Bertz CT molecular complexity index is 222. The molecule has 0 aliphatic rings. The Balaban J connectivity index is 2.95. The Morgan fingerprint density at radius 2 is 0.593 bits per heavy atom. The Morgan fingerprint density at radius 1 is 0.333 bits per heavy atom. The molecule has 0 aromatic heterocycles. The summed E-state index contributed by atoms with van der Waals surface area (Å²) in [5.74, 6) is 0. The highest BCUT2D eigenvalue weighted by Gasteiger charge is 1.96. The molecule has 0 aliphatic carbocycles. The normalized spacial score (nSPS) is 12.7. The van der Waals surface area contributed by atoms with Crippen LogP contribution in [0.2, 0.25) is 12.1 Å². The Hall–Kier alpha value is 0.651. The van der Waals surface area contributed by atoms with Crippen LogP contribution in [0.3, 0.4) is 0 Å². The van der Waals surface area contributed by atoms with Gasteiger partial charge in [-0.25, -0.2) is 0 Å². The van der Waals surface area contributed by atoms with E-state index >= 15 is 0 Å². The van der Waals surface area contributed by atoms with Crippen molar-refractivity contribution in [3.05, 3.63) is 0 Å². The second-order valence-electron chi connectivity index (χ2n) is 9.13. The smallest absolute Gasteiger partial charge is 0.00493 e. The predicted octanol–water partition coefficient (Wildman–Crippen LogP) is 7.00. The molecule has 0 atom stereocenters. The van der Waals surface area contributed by atoms with Crippen molar-refractivity contribution in [2.45, 2.75) is 154 Å². The lowest BCUT2D eigenvalue weighted by atomic mass is 10.1. The minimum atomic E-state index is 0.500. The monoisotopic (exact) mass is 428 g/mol. The quantitative estimate of drug-likeness (QED) is 0.115. The molecule has 0 spiro atoms. The molecular formula is C24H56Si3. The maximum atomic E-state index is 2.31. The minimum Gasteiger partial charge on any atom is -0.0654 e. The second kappa shape index (κ2) is 26.7. The van der Waals surface area contributed by atoms with E-state index in [2.05, 4.69) is 13.8 Å². The highest BCUT2D eigenvalue weighted by Crippen LogP contribution is 2.12. The molecule has 0 saturated heterocycles. The summed E-state index contributed by atoms with van der Waals surface area (Å²) in [5, 5.41) is 0. The lowest BCUT2D eigenvalue weighted by Gasteiger charge is -2.03. The number of unbranched alkanes of at least 4 members (excludes halogenated alkanes) is 18. The first-order chi connectivity index (χ1) is 13.4. The van der Waals surface area contributed by atoms with Gasteiger partial charge in [0.2, 0.25) is 0 Å². The zero-order valence-electron chi connectivity index (χ0n) is 19.7. The van der Waals surface area contributed by atoms with Gasteiger partial charge in [-0.15, -0.1) is 0 Å². The molecule has 0 aromatic rings. The third kappa shape index (κ3) is 26.7. The first-order valence-electron chi connectivity index (χ1n) is 13.4. The number of rotatable bonds is 24. The lowest BCUT2D eigenvalue weighted by molar-refractivity contribution is 0.562. The van der Waals surface area contributed by atoms with Crippen LogP contribution in [-0.2, 0) is 0 Å². The van der Waals surface area contributed by atoms with Crippen molar-refractivity contribution in [1.29, 1.82) is 0 Å². The standard InChI is InChI=1S/C24H56Si3/c1-3-5-7-9-11-13-15-17-19-21-23-25-27-26-24-22-20-18-16-14-12-10-8-6-4-2/h3-27H2,1-2H3. The molecule has 0 fully saturated rings. The van der Waals surface area contributed by atoms with Crippen molar-refractivity contribution in [2.24, 2.45) is 0 Å². The molecule has 0 unspecified atom stereocenters. The van der Waals surface area contributed by atoms with Gasteiger partial charge in [-0.3, -0.25) is 0 Å². The first-order valence-corrected chi connectivity index (χ1v) is 23.4. The molecule has 0 radical (unpaired) electrons. The fourth-order valence-electron chi connectivity index (χ4n) is 4.21. The molecule has 0 bridgehead atoms. The molecule has 0 saturated carbocycles. The van der Waals surface area contributed by atoms with Gasteiger partial charge >= 0.3 is 0 Å². The van der Waals surface area contributed by atoms with Crippen molar-refractivity contribution in [1.82, 2.24) is 0 Å². The molecule has 27 heavy (non-hydrogen) atoms. The van der Waals surface area contributed by atoms with Crippen LogP contribution in [0.4, 0.5) is 0 Å². The lowest BCUT2D eigenvalue weighted by Crippen LogP contribution is -2.11.